The smallest absolute Gasteiger partial charge is 0.264 e. The van der Waals surface area contributed by atoms with E-state index in [2.05, 4.69) is 14.8 Å². The van der Waals surface area contributed by atoms with Crippen LogP contribution >= 0.6 is 11.6 Å². The van der Waals surface area contributed by atoms with E-state index < -0.39 is 15.9 Å². The summed E-state index contributed by atoms with van der Waals surface area (Å²) < 4.78 is 30.5. The van der Waals surface area contributed by atoms with Crippen molar-refractivity contribution in [2.75, 3.05) is 0 Å². The van der Waals surface area contributed by atoms with E-state index >= 15 is 0 Å². The number of nitrogens with zero attached hydrogens (tertiary/aromatic N) is 4. The van der Waals surface area contributed by atoms with Crippen molar-refractivity contribution in [3.8, 4) is 5.82 Å². The van der Waals surface area contributed by atoms with Crippen molar-refractivity contribution >= 4 is 44.6 Å². The molecular formula is C22H20ClN5O3S. The Balaban J connectivity index is 1.65. The van der Waals surface area contributed by atoms with Crippen LogP contribution in [0.25, 0.3) is 22.9 Å². The van der Waals surface area contributed by atoms with Gasteiger partial charge in [-0.2, -0.15) is 5.10 Å². The lowest BCUT2D eigenvalue weighted by atomic mass is 10.2. The molecule has 0 spiro atoms. The number of rotatable bonds is 5. The van der Waals surface area contributed by atoms with Crippen LogP contribution in [-0.2, 0) is 21.9 Å². The molecule has 32 heavy (non-hydrogen) atoms. The Hall–Kier alpha value is -3.43. The lowest BCUT2D eigenvalue weighted by Crippen LogP contribution is -2.28. The van der Waals surface area contributed by atoms with Gasteiger partial charge in [-0.1, -0.05) is 29.3 Å². The van der Waals surface area contributed by atoms with E-state index in [9.17, 15) is 13.2 Å². The number of nitrogens with one attached hydrogen (secondary N) is 1. The minimum absolute atomic E-state index is 0.0200. The van der Waals surface area contributed by atoms with Crippen LogP contribution in [0.3, 0.4) is 0 Å². The van der Waals surface area contributed by atoms with E-state index in [-0.39, 0.29) is 4.90 Å². The van der Waals surface area contributed by atoms with Gasteiger partial charge in [-0.25, -0.2) is 18.1 Å². The molecule has 1 amide bonds. The maximum absolute atomic E-state index is 12.5. The van der Waals surface area contributed by atoms with Crippen LogP contribution in [0.2, 0.25) is 5.02 Å². The van der Waals surface area contributed by atoms with Crippen LogP contribution in [0.4, 0.5) is 0 Å². The molecule has 3 heterocycles. The molecule has 0 bridgehead atoms. The van der Waals surface area contributed by atoms with Crippen LogP contribution in [0, 0.1) is 13.8 Å². The Labute approximate surface area is 190 Å². The zero-order chi connectivity index (χ0) is 23.0. The van der Waals surface area contributed by atoms with Crippen molar-refractivity contribution in [1.29, 1.82) is 0 Å². The number of aromatic nitrogens is 4. The molecule has 0 aliphatic carbocycles. The summed E-state index contributed by atoms with van der Waals surface area (Å²) in [5.41, 5.74) is 2.93. The molecule has 0 saturated heterocycles. The zero-order valence-electron chi connectivity index (χ0n) is 17.6. The highest BCUT2D eigenvalue weighted by Gasteiger charge is 2.18. The monoisotopic (exact) mass is 469 g/mol. The maximum Gasteiger partial charge on any atom is 0.264 e. The summed E-state index contributed by atoms with van der Waals surface area (Å²) in [4.78, 5) is 16.8. The van der Waals surface area contributed by atoms with Crippen molar-refractivity contribution in [3.05, 3.63) is 76.7 Å². The van der Waals surface area contributed by atoms with Crippen LogP contribution in [0.15, 0.2) is 59.8 Å². The van der Waals surface area contributed by atoms with Crippen LogP contribution in [-0.4, -0.2) is 33.7 Å². The van der Waals surface area contributed by atoms with Crippen molar-refractivity contribution in [2.24, 2.45) is 7.05 Å². The van der Waals surface area contributed by atoms with Crippen molar-refractivity contribution in [1.82, 2.24) is 24.1 Å². The molecule has 1 N–H and O–H groups in total. The fraction of sp³-hybridized carbons (Fsp3) is 0.136. The molecule has 0 atom stereocenters. The minimum Gasteiger partial charge on any atom is -0.285 e. The Morgan fingerprint density at radius 3 is 2.59 bits per heavy atom. The number of benzene rings is 1. The van der Waals surface area contributed by atoms with E-state index in [0.717, 1.165) is 10.9 Å². The van der Waals surface area contributed by atoms with Gasteiger partial charge >= 0.3 is 0 Å². The van der Waals surface area contributed by atoms with Crippen molar-refractivity contribution < 1.29 is 13.2 Å². The Morgan fingerprint density at radius 2 is 1.88 bits per heavy atom. The van der Waals surface area contributed by atoms with Gasteiger partial charge in [0, 0.05) is 36.5 Å². The average Bonchev–Trinajstić information content (AvgIpc) is 3.25. The van der Waals surface area contributed by atoms with Gasteiger partial charge in [0.15, 0.2) is 0 Å². The molecule has 0 fully saturated rings. The number of pyridine rings is 1. The van der Waals surface area contributed by atoms with Crippen LogP contribution < -0.4 is 4.72 Å². The molecule has 8 nitrogen and oxygen atoms in total. The number of aryl methyl sites for hydroxylation is 3. The second-order valence-electron chi connectivity index (χ2n) is 7.31. The summed E-state index contributed by atoms with van der Waals surface area (Å²) in [6.45, 7) is 3.66. The first-order valence-electron chi connectivity index (χ1n) is 9.64. The topological polar surface area (TPSA) is 98.9 Å². The van der Waals surface area contributed by atoms with Gasteiger partial charge in [-0.3, -0.25) is 14.0 Å². The van der Waals surface area contributed by atoms with E-state index in [1.807, 2.05) is 29.8 Å². The van der Waals surface area contributed by atoms with Crippen molar-refractivity contribution in [2.45, 2.75) is 18.7 Å². The molecule has 0 aliphatic rings. The summed E-state index contributed by atoms with van der Waals surface area (Å²) in [7, 11) is -2.19. The first kappa shape index (κ1) is 21.8. The van der Waals surface area contributed by atoms with Gasteiger partial charge in [-0.05, 0) is 44.2 Å². The lowest BCUT2D eigenvalue weighted by Gasteiger charge is -2.07. The highest BCUT2D eigenvalue weighted by molar-refractivity contribution is 7.90. The van der Waals surface area contributed by atoms with E-state index in [0.29, 0.717) is 27.7 Å². The third-order valence-electron chi connectivity index (χ3n) is 4.93. The average molecular weight is 470 g/mol. The fourth-order valence-corrected chi connectivity index (χ4v) is 4.52. The van der Waals surface area contributed by atoms with Crippen LogP contribution in [0.1, 0.15) is 16.8 Å². The number of amides is 1. The third kappa shape index (κ3) is 4.17. The predicted molar refractivity (Wildman–Crippen MR) is 123 cm³/mol. The number of hydrogen-bond acceptors (Lipinski definition) is 5. The molecule has 4 rings (SSSR count). The predicted octanol–water partition coefficient (Wildman–Crippen LogP) is 3.55. The highest BCUT2D eigenvalue weighted by Crippen LogP contribution is 2.25. The van der Waals surface area contributed by atoms with Gasteiger partial charge < -0.3 is 0 Å². The summed E-state index contributed by atoms with van der Waals surface area (Å²) in [5, 5.41) is 5.83. The molecule has 164 valence electrons. The highest BCUT2D eigenvalue weighted by atomic mass is 35.5. The summed E-state index contributed by atoms with van der Waals surface area (Å²) in [6.07, 6.45) is 6.11. The Kier molecular flexibility index (Phi) is 5.62. The second-order valence-corrected chi connectivity index (χ2v) is 9.43. The molecule has 0 unspecified atom stereocenters. The van der Waals surface area contributed by atoms with E-state index in [4.69, 9.17) is 11.6 Å². The first-order chi connectivity index (χ1) is 15.2. The van der Waals surface area contributed by atoms with Gasteiger partial charge in [0.05, 0.1) is 15.6 Å². The summed E-state index contributed by atoms with van der Waals surface area (Å²) >= 11 is 6.04. The number of carbonyl (C=O) groups is 1. The van der Waals surface area contributed by atoms with Gasteiger partial charge in [0.1, 0.15) is 11.5 Å². The first-order valence-corrected chi connectivity index (χ1v) is 11.5. The number of sulfonamides is 1. The van der Waals surface area contributed by atoms with E-state index in [1.54, 1.807) is 43.1 Å². The van der Waals surface area contributed by atoms with Gasteiger partial charge in [-0.15, -0.1) is 0 Å². The number of fused-ring (bicyclic) bond motifs is 1. The number of hydrogen-bond donors (Lipinski definition) is 1. The fourth-order valence-electron chi connectivity index (χ4n) is 3.41. The number of halogens is 1. The molecule has 0 radical (unpaired) electrons. The third-order valence-corrected chi connectivity index (χ3v) is 6.50. The second kappa shape index (κ2) is 8.25. The molecule has 1 aromatic carbocycles. The summed E-state index contributed by atoms with van der Waals surface area (Å²) in [5.74, 6) is -0.0835. The van der Waals surface area contributed by atoms with Crippen molar-refractivity contribution in [3.63, 3.8) is 0 Å². The lowest BCUT2D eigenvalue weighted by molar-refractivity contribution is -0.114. The van der Waals surface area contributed by atoms with Crippen LogP contribution in [0.5, 0.6) is 0 Å². The standard InChI is InChI=1S/C22H20ClN5O3S/c1-14-4-6-18(7-5-14)32(30,31)26-20(29)9-8-19-15(2)25-27(3)22(19)28-11-10-16-12-17(23)13-24-21(16)28/h4-13H,1-3H3,(H,26,29). The molecule has 3 aromatic heterocycles. The van der Waals surface area contributed by atoms with Gasteiger partial charge in [0.2, 0.25) is 0 Å². The minimum atomic E-state index is -3.97. The molecule has 10 heteroatoms. The largest absolute Gasteiger partial charge is 0.285 e. The molecule has 0 aliphatic heterocycles. The zero-order valence-corrected chi connectivity index (χ0v) is 19.1. The Bertz CT molecular complexity index is 1470. The quantitative estimate of drug-likeness (QED) is 0.451. The molecule has 4 aromatic rings. The summed E-state index contributed by atoms with van der Waals surface area (Å²) in [6, 6.07) is 9.93. The van der Waals surface area contributed by atoms with Gasteiger partial charge in [0.25, 0.3) is 15.9 Å². The Morgan fingerprint density at radius 1 is 1.16 bits per heavy atom. The molecular weight excluding hydrogens is 450 g/mol. The molecule has 0 saturated carbocycles. The SMILES string of the molecule is Cc1ccc(S(=O)(=O)NC(=O)C=Cc2c(C)nn(C)c2-n2ccc3cc(Cl)cnc32)cc1. The normalized spacial score (nSPS) is 12.0. The maximum atomic E-state index is 12.5. The van der Waals surface area contributed by atoms with E-state index in [1.165, 1.54) is 18.2 Å². The number of carbonyl (C=O) groups excluding carboxylic acids is 1.